The molecule has 0 radical (unpaired) electrons. The molecule has 1 aromatic carbocycles. The summed E-state index contributed by atoms with van der Waals surface area (Å²) in [6.07, 6.45) is 5.62. The lowest BCUT2D eigenvalue weighted by atomic mass is 10.1. The van der Waals surface area contributed by atoms with Crippen molar-refractivity contribution < 1.29 is 9.21 Å². The Balaban J connectivity index is 0.996. The fourth-order valence-electron chi connectivity index (χ4n) is 4.43. The molecule has 190 valence electrons. The van der Waals surface area contributed by atoms with Crippen molar-refractivity contribution in [3.8, 4) is 0 Å². The molecular weight excluding hydrogens is 470 g/mol. The van der Waals surface area contributed by atoms with Crippen molar-refractivity contribution in [3.63, 3.8) is 0 Å². The molecule has 6 rings (SSSR count). The first kappa shape index (κ1) is 23.2. The maximum atomic E-state index is 12.3. The van der Waals surface area contributed by atoms with E-state index in [1.165, 1.54) is 30.4 Å². The Morgan fingerprint density at radius 1 is 1.08 bits per heavy atom. The van der Waals surface area contributed by atoms with Gasteiger partial charge in [0, 0.05) is 69.2 Å². The molecule has 11 nitrogen and oxygen atoms in total. The average molecular weight is 500 g/mol. The number of nitrogens with one attached hydrogen (secondary N) is 3. The van der Waals surface area contributed by atoms with Crippen LogP contribution in [-0.2, 0) is 6.54 Å². The van der Waals surface area contributed by atoms with Gasteiger partial charge in [0.1, 0.15) is 12.1 Å². The van der Waals surface area contributed by atoms with Gasteiger partial charge in [0.15, 0.2) is 17.4 Å². The zero-order valence-corrected chi connectivity index (χ0v) is 20.6. The van der Waals surface area contributed by atoms with Crippen LogP contribution in [0.4, 0.5) is 23.3 Å². The standard InChI is InChI=1S/C26H29N9O2/c1-17-28-22(16-37-17)25(36)29-20-6-2-18(3-7-20)15-34-10-12-35(13-11-34)26-27-9-8-23(31-26)30-24-14-21(32-33-24)19-4-5-19/h2-3,6-9,14,16,19H,4-5,10-13,15H2,1H3,(H,29,36)(H2,27,30,31,32,33). The Bertz CT molecular complexity index is 1370. The first-order valence-corrected chi connectivity index (χ1v) is 12.5. The zero-order chi connectivity index (χ0) is 25.2. The summed E-state index contributed by atoms with van der Waals surface area (Å²) < 4.78 is 5.11. The van der Waals surface area contributed by atoms with Crippen LogP contribution in [0.2, 0.25) is 0 Å². The zero-order valence-electron chi connectivity index (χ0n) is 20.6. The number of piperazine rings is 1. The predicted molar refractivity (Wildman–Crippen MR) is 139 cm³/mol. The molecule has 0 spiro atoms. The third-order valence-electron chi connectivity index (χ3n) is 6.64. The SMILES string of the molecule is Cc1nc(C(=O)Nc2ccc(CN3CCN(c4nccc(Nc5cc(C6CC6)[nH]n5)n4)CC3)cc2)co1. The molecule has 1 saturated heterocycles. The van der Waals surface area contributed by atoms with Gasteiger partial charge in [-0.25, -0.2) is 9.97 Å². The minimum atomic E-state index is -0.283. The molecular formula is C26H29N9O2. The molecule has 1 saturated carbocycles. The number of benzene rings is 1. The van der Waals surface area contributed by atoms with Gasteiger partial charge >= 0.3 is 0 Å². The van der Waals surface area contributed by atoms with Crippen LogP contribution in [-0.4, -0.2) is 62.1 Å². The second-order valence-electron chi connectivity index (χ2n) is 9.52. The Hall–Kier alpha value is -4.25. The summed E-state index contributed by atoms with van der Waals surface area (Å²) in [5.74, 6) is 3.07. The lowest BCUT2D eigenvalue weighted by molar-refractivity contribution is 0.102. The monoisotopic (exact) mass is 499 g/mol. The van der Waals surface area contributed by atoms with E-state index >= 15 is 0 Å². The van der Waals surface area contributed by atoms with Crippen molar-refractivity contribution in [1.29, 1.82) is 0 Å². The highest BCUT2D eigenvalue weighted by Crippen LogP contribution is 2.39. The molecule has 2 fully saturated rings. The third kappa shape index (κ3) is 5.61. The highest BCUT2D eigenvalue weighted by molar-refractivity contribution is 6.02. The van der Waals surface area contributed by atoms with E-state index in [4.69, 9.17) is 9.40 Å². The van der Waals surface area contributed by atoms with E-state index in [9.17, 15) is 4.79 Å². The van der Waals surface area contributed by atoms with Gasteiger partial charge in [-0.15, -0.1) is 0 Å². The summed E-state index contributed by atoms with van der Waals surface area (Å²) >= 11 is 0. The minimum Gasteiger partial charge on any atom is -0.448 e. The predicted octanol–water partition coefficient (Wildman–Crippen LogP) is 3.69. The van der Waals surface area contributed by atoms with E-state index in [1.807, 2.05) is 30.3 Å². The molecule has 1 aliphatic heterocycles. The van der Waals surface area contributed by atoms with Gasteiger partial charge in [0.2, 0.25) is 5.95 Å². The Kier molecular flexibility index (Phi) is 6.27. The van der Waals surface area contributed by atoms with Crippen molar-refractivity contribution in [2.24, 2.45) is 0 Å². The highest BCUT2D eigenvalue weighted by atomic mass is 16.3. The topological polar surface area (TPSA) is 128 Å². The molecule has 4 aromatic rings. The molecule has 0 atom stereocenters. The van der Waals surface area contributed by atoms with E-state index in [2.05, 4.69) is 46.7 Å². The number of aromatic amines is 1. The van der Waals surface area contributed by atoms with Gasteiger partial charge in [-0.2, -0.15) is 10.1 Å². The summed E-state index contributed by atoms with van der Waals surface area (Å²) in [6.45, 7) is 6.07. The van der Waals surface area contributed by atoms with Crippen LogP contribution >= 0.6 is 0 Å². The average Bonchev–Trinajstić information content (AvgIpc) is 3.51. The lowest BCUT2D eigenvalue weighted by Gasteiger charge is -2.34. The number of carbonyl (C=O) groups excluding carboxylic acids is 1. The van der Waals surface area contributed by atoms with E-state index in [-0.39, 0.29) is 11.6 Å². The number of aryl methyl sites for hydroxylation is 1. The molecule has 1 amide bonds. The summed E-state index contributed by atoms with van der Waals surface area (Å²) in [7, 11) is 0. The number of aromatic nitrogens is 5. The number of anilines is 4. The number of amides is 1. The van der Waals surface area contributed by atoms with Gasteiger partial charge in [0.25, 0.3) is 5.91 Å². The van der Waals surface area contributed by atoms with Crippen LogP contribution in [0.5, 0.6) is 0 Å². The lowest BCUT2D eigenvalue weighted by Crippen LogP contribution is -2.46. The van der Waals surface area contributed by atoms with E-state index < -0.39 is 0 Å². The third-order valence-corrected chi connectivity index (χ3v) is 6.64. The molecule has 37 heavy (non-hydrogen) atoms. The number of carbonyl (C=O) groups is 1. The Morgan fingerprint density at radius 3 is 2.62 bits per heavy atom. The van der Waals surface area contributed by atoms with E-state index in [0.29, 0.717) is 11.8 Å². The number of nitrogens with zero attached hydrogens (tertiary/aromatic N) is 6. The molecule has 4 heterocycles. The number of H-pyrrole nitrogens is 1. The molecule has 1 aliphatic carbocycles. The quantitative estimate of drug-likeness (QED) is 0.332. The van der Waals surface area contributed by atoms with Crippen LogP contribution < -0.4 is 15.5 Å². The summed E-state index contributed by atoms with van der Waals surface area (Å²) in [5.41, 5.74) is 3.38. The van der Waals surface area contributed by atoms with Gasteiger partial charge in [-0.1, -0.05) is 12.1 Å². The molecule has 0 unspecified atom stereocenters. The van der Waals surface area contributed by atoms with Gasteiger partial charge in [-0.05, 0) is 36.6 Å². The van der Waals surface area contributed by atoms with Crippen LogP contribution in [0.25, 0.3) is 0 Å². The molecule has 0 bridgehead atoms. The van der Waals surface area contributed by atoms with Crippen molar-refractivity contribution in [3.05, 3.63) is 71.7 Å². The number of oxazole rings is 1. The maximum absolute atomic E-state index is 12.3. The summed E-state index contributed by atoms with van der Waals surface area (Å²) in [4.78, 5) is 30.1. The van der Waals surface area contributed by atoms with Crippen LogP contribution in [0.15, 0.2) is 53.3 Å². The number of rotatable bonds is 8. The highest BCUT2D eigenvalue weighted by Gasteiger charge is 2.25. The molecule has 11 heteroatoms. The van der Waals surface area contributed by atoms with Crippen LogP contribution in [0, 0.1) is 6.92 Å². The first-order chi connectivity index (χ1) is 18.1. The first-order valence-electron chi connectivity index (χ1n) is 12.5. The second kappa shape index (κ2) is 10.0. The smallest absolute Gasteiger partial charge is 0.277 e. The summed E-state index contributed by atoms with van der Waals surface area (Å²) in [6, 6.07) is 11.8. The fourth-order valence-corrected chi connectivity index (χ4v) is 4.43. The maximum Gasteiger partial charge on any atom is 0.277 e. The number of hydrogen-bond acceptors (Lipinski definition) is 9. The van der Waals surface area contributed by atoms with Gasteiger partial charge in [0.05, 0.1) is 0 Å². The van der Waals surface area contributed by atoms with Crippen LogP contribution in [0.3, 0.4) is 0 Å². The molecule has 3 aromatic heterocycles. The Morgan fingerprint density at radius 2 is 1.89 bits per heavy atom. The number of hydrogen-bond donors (Lipinski definition) is 3. The minimum absolute atomic E-state index is 0.272. The van der Waals surface area contributed by atoms with Crippen LogP contribution in [0.1, 0.15) is 46.4 Å². The fraction of sp³-hybridized carbons (Fsp3) is 0.346. The van der Waals surface area contributed by atoms with Gasteiger partial charge in [-0.3, -0.25) is 14.8 Å². The van der Waals surface area contributed by atoms with E-state index in [0.717, 1.165) is 56.0 Å². The second-order valence-corrected chi connectivity index (χ2v) is 9.52. The van der Waals surface area contributed by atoms with Gasteiger partial charge < -0.3 is 20.0 Å². The normalized spacial score (nSPS) is 16.1. The van der Waals surface area contributed by atoms with Crippen molar-refractivity contribution in [2.45, 2.75) is 32.2 Å². The largest absolute Gasteiger partial charge is 0.448 e. The van der Waals surface area contributed by atoms with Crippen molar-refractivity contribution in [2.75, 3.05) is 41.7 Å². The van der Waals surface area contributed by atoms with Crippen molar-refractivity contribution in [1.82, 2.24) is 30.0 Å². The molecule has 2 aliphatic rings. The Labute approximate surface area is 214 Å². The van der Waals surface area contributed by atoms with Crippen molar-refractivity contribution >= 4 is 29.2 Å². The summed E-state index contributed by atoms with van der Waals surface area (Å²) in [5, 5.41) is 13.6. The van der Waals surface area contributed by atoms with E-state index in [1.54, 1.807) is 13.1 Å². The molecule has 3 N–H and O–H groups in total.